The van der Waals surface area contributed by atoms with Crippen molar-refractivity contribution in [2.24, 2.45) is 5.92 Å². The summed E-state index contributed by atoms with van der Waals surface area (Å²) in [5.74, 6) is -5.62. The SMILES string of the molecule is COc1cc(CC(C(=O)O)C(=O)O)cc(O)c1O. The van der Waals surface area contributed by atoms with Crippen LogP contribution in [0.2, 0.25) is 0 Å². The van der Waals surface area contributed by atoms with Gasteiger partial charge in [0, 0.05) is 0 Å². The van der Waals surface area contributed by atoms with Gasteiger partial charge in [-0.15, -0.1) is 0 Å². The van der Waals surface area contributed by atoms with E-state index in [1.165, 1.54) is 13.2 Å². The van der Waals surface area contributed by atoms with Crippen LogP contribution < -0.4 is 4.74 Å². The number of carboxylic acids is 2. The molecule has 0 radical (unpaired) electrons. The van der Waals surface area contributed by atoms with Crippen LogP contribution in [0, 0.1) is 5.92 Å². The van der Waals surface area contributed by atoms with Crippen LogP contribution in [0.4, 0.5) is 0 Å². The van der Waals surface area contributed by atoms with E-state index in [-0.39, 0.29) is 17.7 Å². The van der Waals surface area contributed by atoms with Crippen molar-refractivity contribution in [1.82, 2.24) is 0 Å². The minimum absolute atomic E-state index is 0.0560. The lowest BCUT2D eigenvalue weighted by Crippen LogP contribution is -2.25. The maximum atomic E-state index is 10.7. The molecule has 1 aromatic carbocycles. The van der Waals surface area contributed by atoms with Gasteiger partial charge in [-0.3, -0.25) is 9.59 Å². The molecule has 0 spiro atoms. The van der Waals surface area contributed by atoms with E-state index < -0.39 is 29.4 Å². The molecule has 4 N–H and O–H groups in total. The summed E-state index contributed by atoms with van der Waals surface area (Å²) >= 11 is 0. The predicted molar refractivity (Wildman–Crippen MR) is 58.8 cm³/mol. The molecule has 1 rings (SSSR count). The van der Waals surface area contributed by atoms with Gasteiger partial charge in [0.2, 0.25) is 5.75 Å². The number of phenols is 2. The second-order valence-electron chi connectivity index (χ2n) is 3.60. The van der Waals surface area contributed by atoms with Gasteiger partial charge >= 0.3 is 11.9 Å². The van der Waals surface area contributed by atoms with Crippen LogP contribution in [0.3, 0.4) is 0 Å². The van der Waals surface area contributed by atoms with Crippen molar-refractivity contribution in [1.29, 1.82) is 0 Å². The summed E-state index contributed by atoms with van der Waals surface area (Å²) in [6, 6.07) is 2.37. The van der Waals surface area contributed by atoms with Crippen molar-refractivity contribution >= 4 is 11.9 Å². The Morgan fingerprint density at radius 2 is 1.78 bits per heavy atom. The molecule has 18 heavy (non-hydrogen) atoms. The molecule has 0 aromatic heterocycles. The van der Waals surface area contributed by atoms with Crippen LogP contribution in [0.25, 0.3) is 0 Å². The lowest BCUT2D eigenvalue weighted by Gasteiger charge is -2.11. The third-order valence-corrected chi connectivity index (χ3v) is 2.37. The lowest BCUT2D eigenvalue weighted by molar-refractivity contribution is -0.154. The highest BCUT2D eigenvalue weighted by Gasteiger charge is 2.26. The van der Waals surface area contributed by atoms with Gasteiger partial charge in [-0.2, -0.15) is 0 Å². The summed E-state index contributed by atoms with van der Waals surface area (Å²) in [6.07, 6.45) is -0.325. The average Bonchev–Trinajstić information content (AvgIpc) is 2.29. The molecule has 98 valence electrons. The molecule has 0 aliphatic rings. The van der Waals surface area contributed by atoms with Gasteiger partial charge in [-0.05, 0) is 24.1 Å². The molecule has 7 heteroatoms. The van der Waals surface area contributed by atoms with Gasteiger partial charge in [-0.1, -0.05) is 0 Å². The van der Waals surface area contributed by atoms with Gasteiger partial charge in [0.25, 0.3) is 0 Å². The van der Waals surface area contributed by atoms with Crippen LogP contribution in [0.15, 0.2) is 12.1 Å². The Labute approximate surface area is 102 Å². The smallest absolute Gasteiger partial charge is 0.318 e. The fourth-order valence-corrected chi connectivity index (χ4v) is 1.44. The predicted octanol–water partition coefficient (Wildman–Crippen LogP) is 0.434. The zero-order chi connectivity index (χ0) is 13.9. The molecule has 0 heterocycles. The number of ether oxygens (including phenoxy) is 1. The van der Waals surface area contributed by atoms with E-state index in [2.05, 4.69) is 0 Å². The van der Waals surface area contributed by atoms with E-state index in [4.69, 9.17) is 14.9 Å². The molecule has 0 unspecified atom stereocenters. The first-order valence-corrected chi connectivity index (χ1v) is 4.91. The van der Waals surface area contributed by atoms with Crippen LogP contribution in [0.5, 0.6) is 17.2 Å². The molecule has 0 saturated carbocycles. The van der Waals surface area contributed by atoms with Crippen molar-refractivity contribution in [3.63, 3.8) is 0 Å². The molecule has 0 amide bonds. The molecular weight excluding hydrogens is 244 g/mol. The van der Waals surface area contributed by atoms with E-state index >= 15 is 0 Å². The first-order valence-electron chi connectivity index (χ1n) is 4.91. The average molecular weight is 256 g/mol. The summed E-state index contributed by atoms with van der Waals surface area (Å²) in [5.41, 5.74) is 0.233. The van der Waals surface area contributed by atoms with E-state index in [1.807, 2.05) is 0 Å². The highest BCUT2D eigenvalue weighted by molar-refractivity contribution is 5.93. The number of carboxylic acid groups (broad SMARTS) is 2. The van der Waals surface area contributed by atoms with Crippen molar-refractivity contribution in [2.75, 3.05) is 7.11 Å². The van der Waals surface area contributed by atoms with Crippen LogP contribution in [-0.2, 0) is 16.0 Å². The Morgan fingerprint density at radius 3 is 2.22 bits per heavy atom. The van der Waals surface area contributed by atoms with Gasteiger partial charge in [0.05, 0.1) is 7.11 Å². The van der Waals surface area contributed by atoms with Crippen LogP contribution in [0.1, 0.15) is 5.56 Å². The van der Waals surface area contributed by atoms with Crippen LogP contribution >= 0.6 is 0 Å². The number of phenolic OH excluding ortho intramolecular Hbond substituents is 2. The number of hydrogen-bond donors (Lipinski definition) is 4. The molecule has 0 fully saturated rings. The molecular formula is C11H12O7. The zero-order valence-corrected chi connectivity index (χ0v) is 9.45. The quantitative estimate of drug-likeness (QED) is 0.445. The normalized spacial score (nSPS) is 10.3. The number of aliphatic carboxylic acids is 2. The summed E-state index contributed by atoms with van der Waals surface area (Å²) < 4.78 is 4.76. The van der Waals surface area contributed by atoms with Gasteiger partial charge in [-0.25, -0.2) is 0 Å². The van der Waals surface area contributed by atoms with Gasteiger partial charge in [0.15, 0.2) is 17.4 Å². The topological polar surface area (TPSA) is 124 Å². The second-order valence-corrected chi connectivity index (χ2v) is 3.60. The first-order chi connectivity index (χ1) is 8.36. The lowest BCUT2D eigenvalue weighted by atomic mass is 9.99. The maximum absolute atomic E-state index is 10.7. The monoisotopic (exact) mass is 256 g/mol. The number of hydrogen-bond acceptors (Lipinski definition) is 5. The molecule has 0 aliphatic heterocycles. The molecule has 0 saturated heterocycles. The minimum atomic E-state index is -1.63. The summed E-state index contributed by atoms with van der Waals surface area (Å²) in [5, 5.41) is 36.2. The second kappa shape index (κ2) is 5.26. The Hall–Kier alpha value is -2.44. The number of aromatic hydroxyl groups is 2. The minimum Gasteiger partial charge on any atom is -0.504 e. The summed E-state index contributed by atoms with van der Waals surface area (Å²) in [7, 11) is 1.25. The number of benzene rings is 1. The molecule has 1 aromatic rings. The maximum Gasteiger partial charge on any atom is 0.318 e. The third-order valence-electron chi connectivity index (χ3n) is 2.37. The van der Waals surface area contributed by atoms with E-state index in [0.29, 0.717) is 0 Å². The molecule has 7 nitrogen and oxygen atoms in total. The number of methoxy groups -OCH3 is 1. The Bertz CT molecular complexity index is 467. The van der Waals surface area contributed by atoms with E-state index in [0.717, 1.165) is 6.07 Å². The van der Waals surface area contributed by atoms with Crippen molar-refractivity contribution in [3.05, 3.63) is 17.7 Å². The Balaban J connectivity index is 3.07. The molecule has 0 aliphatic carbocycles. The molecule has 0 atom stereocenters. The Morgan fingerprint density at radius 1 is 1.22 bits per heavy atom. The van der Waals surface area contributed by atoms with Gasteiger partial charge < -0.3 is 25.2 Å². The third kappa shape index (κ3) is 2.82. The van der Waals surface area contributed by atoms with Crippen molar-refractivity contribution < 1.29 is 34.8 Å². The summed E-state index contributed by atoms with van der Waals surface area (Å²) in [6.45, 7) is 0. The zero-order valence-electron chi connectivity index (χ0n) is 9.45. The molecule has 0 bridgehead atoms. The largest absolute Gasteiger partial charge is 0.504 e. The Kier molecular flexibility index (Phi) is 3.98. The summed E-state index contributed by atoms with van der Waals surface area (Å²) in [4.78, 5) is 21.5. The highest BCUT2D eigenvalue weighted by atomic mass is 16.5. The number of rotatable bonds is 5. The number of carbonyl (C=O) groups is 2. The van der Waals surface area contributed by atoms with Crippen molar-refractivity contribution in [3.8, 4) is 17.2 Å². The van der Waals surface area contributed by atoms with Crippen molar-refractivity contribution in [2.45, 2.75) is 6.42 Å². The van der Waals surface area contributed by atoms with Crippen LogP contribution in [-0.4, -0.2) is 39.5 Å². The standard InChI is InChI=1S/C11H12O7/c1-18-8-4-5(3-7(12)9(8)13)2-6(10(14)15)11(16)17/h3-4,6,12-13H,2H2,1H3,(H,14,15)(H,16,17). The van der Waals surface area contributed by atoms with E-state index in [1.54, 1.807) is 0 Å². The van der Waals surface area contributed by atoms with Gasteiger partial charge in [0.1, 0.15) is 0 Å². The fourth-order valence-electron chi connectivity index (χ4n) is 1.44. The highest BCUT2D eigenvalue weighted by Crippen LogP contribution is 2.36. The van der Waals surface area contributed by atoms with E-state index in [9.17, 15) is 19.8 Å². The first kappa shape index (κ1) is 13.6. The fraction of sp³-hybridized carbons (Fsp3) is 0.273.